The molecule has 13 rings (SSSR count). The van der Waals surface area contributed by atoms with Crippen molar-refractivity contribution in [3.63, 3.8) is 0 Å². The average molecular weight is 1980 g/mol. The van der Waals surface area contributed by atoms with Gasteiger partial charge in [0.05, 0.1) is 24.5 Å². The van der Waals surface area contributed by atoms with Gasteiger partial charge in [-0.15, -0.1) is 0 Å². The molecular weight excluding hydrogens is 1840 g/mol. The fourth-order valence-corrected chi connectivity index (χ4v) is 14.6. The predicted octanol–water partition coefficient (Wildman–Crippen LogP) is 28.2. The molecule has 1 aliphatic carbocycles. The lowest BCUT2D eigenvalue weighted by atomic mass is 10.0. The summed E-state index contributed by atoms with van der Waals surface area (Å²) in [4.78, 5) is 70.3. The maximum atomic E-state index is 14.2. The molecule has 12 aromatic rings. The largest absolute Gasteiger partial charge is 0.493 e. The zero-order valence-electron chi connectivity index (χ0n) is 86.9. The number of aliphatic hydroxyl groups excluding tert-OH is 1. The number of nitrogens with one attached hydrogen (secondary N) is 6. The predicted molar refractivity (Wildman–Crippen MR) is 561 cm³/mol. The molecule has 0 atom stereocenters. The van der Waals surface area contributed by atoms with Gasteiger partial charge in [0.15, 0.2) is 69.4 Å². The Morgan fingerprint density at radius 3 is 0.750 bits per heavy atom. The number of hydrogen-bond donors (Lipinski definition) is 7. The van der Waals surface area contributed by atoms with Gasteiger partial charge in [-0.25, -0.2) is 26.3 Å². The summed E-state index contributed by atoms with van der Waals surface area (Å²) in [6, 6.07) is 52.6. The molecular formula is C118H138F6N6O14. The molecule has 20 nitrogen and oxygen atoms in total. The summed E-state index contributed by atoms with van der Waals surface area (Å²) in [6.45, 7) is 42.5. The molecule has 0 bridgehead atoms. The summed E-state index contributed by atoms with van der Waals surface area (Å²) in [5, 5.41) is 26.7. The lowest BCUT2D eigenvalue weighted by Gasteiger charge is -2.17. The minimum absolute atomic E-state index is 0.0356. The van der Waals surface area contributed by atoms with Crippen molar-refractivity contribution in [1.29, 1.82) is 0 Å². The van der Waals surface area contributed by atoms with E-state index in [1.54, 1.807) is 107 Å². The summed E-state index contributed by atoms with van der Waals surface area (Å²) < 4.78 is 124. The van der Waals surface area contributed by atoms with Gasteiger partial charge in [0.25, 0.3) is 0 Å². The van der Waals surface area contributed by atoms with Gasteiger partial charge in [0.2, 0.25) is 35.4 Å². The Kier molecular flexibility index (Phi) is 45.0. The second kappa shape index (κ2) is 56.4. The highest BCUT2D eigenvalue weighted by Gasteiger charge is 2.29. The lowest BCUT2D eigenvalue weighted by Crippen LogP contribution is -2.13. The number of ether oxygens (including phenoxy) is 7. The van der Waals surface area contributed by atoms with Crippen molar-refractivity contribution in [2.24, 2.45) is 0 Å². The van der Waals surface area contributed by atoms with Crippen LogP contribution in [0.25, 0.3) is 0 Å². The molecule has 0 heterocycles. The number of rotatable bonds is 35. The van der Waals surface area contributed by atoms with Gasteiger partial charge in [0, 0.05) is 94.8 Å². The van der Waals surface area contributed by atoms with Crippen LogP contribution in [0.15, 0.2) is 182 Å². The topological polar surface area (TPSA) is 259 Å². The number of halogens is 6. The minimum Gasteiger partial charge on any atom is -0.493 e. The number of amides is 6. The van der Waals surface area contributed by atoms with Gasteiger partial charge in [-0.2, -0.15) is 0 Å². The molecule has 1 saturated carbocycles. The molecule has 0 aliphatic heterocycles. The maximum absolute atomic E-state index is 14.2. The van der Waals surface area contributed by atoms with Crippen molar-refractivity contribution in [2.75, 3.05) is 38.5 Å². The van der Waals surface area contributed by atoms with Crippen LogP contribution < -0.4 is 65.1 Å². The molecule has 0 saturated heterocycles. The second-order valence-corrected chi connectivity index (χ2v) is 35.3. The number of aliphatic hydroxyl groups is 1. The zero-order chi connectivity index (χ0) is 106. The monoisotopic (exact) mass is 1980 g/mol. The molecule has 7 N–H and O–H groups in total. The van der Waals surface area contributed by atoms with Crippen LogP contribution in [0.1, 0.15) is 241 Å². The molecule has 144 heavy (non-hydrogen) atoms. The molecule has 26 heteroatoms. The number of benzene rings is 12. The van der Waals surface area contributed by atoms with Crippen molar-refractivity contribution in [1.82, 2.24) is 0 Å². The Bertz CT molecular complexity index is 6220. The highest BCUT2D eigenvalue weighted by atomic mass is 19.1. The first kappa shape index (κ1) is 115. The Hall–Kier alpha value is -14.4. The van der Waals surface area contributed by atoms with Crippen LogP contribution in [0.2, 0.25) is 0 Å². The first-order valence-electron chi connectivity index (χ1n) is 48.7. The van der Waals surface area contributed by atoms with E-state index < -0.39 is 11.6 Å². The van der Waals surface area contributed by atoms with Crippen LogP contribution in [-0.4, -0.2) is 47.2 Å². The summed E-state index contributed by atoms with van der Waals surface area (Å²) in [5.74, 6) is -0.365. The van der Waals surface area contributed by atoms with Crippen LogP contribution in [0.4, 0.5) is 60.5 Å². The normalized spacial score (nSPS) is 11.0. The van der Waals surface area contributed by atoms with E-state index in [0.29, 0.717) is 96.2 Å². The van der Waals surface area contributed by atoms with Gasteiger partial charge >= 0.3 is 0 Å². The van der Waals surface area contributed by atoms with Crippen LogP contribution in [0, 0.1) is 132 Å². The minimum atomic E-state index is -0.432. The number of aryl methyl sites for hydroxylation is 15. The lowest BCUT2D eigenvalue weighted by molar-refractivity contribution is -0.116. The van der Waals surface area contributed by atoms with E-state index in [0.717, 1.165) is 136 Å². The maximum Gasteiger partial charge on any atom is 0.224 e. The molecule has 0 radical (unpaired) electrons. The third-order valence-corrected chi connectivity index (χ3v) is 24.7. The third kappa shape index (κ3) is 33.9. The Morgan fingerprint density at radius 1 is 0.257 bits per heavy atom. The quantitative estimate of drug-likeness (QED) is 0.0182. The number of carbonyl (C=O) groups excluding carboxylic acids is 6. The fourth-order valence-electron chi connectivity index (χ4n) is 14.6. The summed E-state index contributed by atoms with van der Waals surface area (Å²) in [6.07, 6.45) is 5.44. The van der Waals surface area contributed by atoms with E-state index in [9.17, 15) is 60.2 Å². The molecule has 6 amide bonds. The standard InChI is InChI=1S/C21H24FNO2.C20H24FNO3.C20H24FNO2.C19H22FNO3.2C19H22FNO2/c1-4-21(24)23-19-7-5-6-16(15-8-9-15)17(19)12-25-20-11-14(3)13(2)10-18(20)22;1-5-20(23)22-17-8-7-9-18(24-6-2)15(17)12-25-19-11-14(4)13(3)10-16(19)21;1-5-15-8-7-9-18(22-20(23)6-2)16(15)12-24-19-11-14(4)13(3)10-17(19)21;1-4-19(23)21-17-7-5-6-14(10-22)15(17)11-24-18-9-13(3)12(2)8-16(18)20;2*1-5-19(22)21-17-8-6-7-12(2)15(17)11-23-18-10-14(4)13(3)9-16(18)20/h5-7,10-11,15H,4,8-9,12H2,1-3H3,(H,23,24);7-11H,5-6,12H2,1-4H3,(H,22,23);7-11H,5-6,12H2,1-4H3,(H,22,23);5-9,22H,4,10-11H2,1-3H3,(H,21,23);2*6-10H,5,11H2,1-4H3,(H,21,22). The van der Waals surface area contributed by atoms with Crippen LogP contribution in [0.3, 0.4) is 0 Å². The molecule has 1 aliphatic rings. The van der Waals surface area contributed by atoms with E-state index in [1.165, 1.54) is 42.0 Å². The van der Waals surface area contributed by atoms with Crippen molar-refractivity contribution < 1.29 is 93.4 Å². The molecule has 766 valence electrons. The average Bonchev–Trinajstić information content (AvgIpc) is 1.62. The van der Waals surface area contributed by atoms with E-state index in [-0.39, 0.29) is 139 Å². The van der Waals surface area contributed by atoms with E-state index in [4.69, 9.17) is 33.2 Å². The molecule has 0 spiro atoms. The zero-order valence-corrected chi connectivity index (χ0v) is 86.9. The van der Waals surface area contributed by atoms with Gasteiger partial charge in [0.1, 0.15) is 45.4 Å². The van der Waals surface area contributed by atoms with Crippen LogP contribution in [0.5, 0.6) is 40.2 Å². The highest BCUT2D eigenvalue weighted by molar-refractivity contribution is 5.95. The molecule has 1 fully saturated rings. The molecule has 0 unspecified atom stereocenters. The Labute approximate surface area is 844 Å². The van der Waals surface area contributed by atoms with Crippen LogP contribution >= 0.6 is 0 Å². The molecule has 0 aromatic heterocycles. The first-order chi connectivity index (χ1) is 68.7. The van der Waals surface area contributed by atoms with Crippen molar-refractivity contribution in [2.45, 2.75) is 262 Å². The number of carbonyl (C=O) groups is 6. The number of hydrogen-bond acceptors (Lipinski definition) is 14. The summed E-state index contributed by atoms with van der Waals surface area (Å²) >= 11 is 0. The second-order valence-electron chi connectivity index (χ2n) is 35.3. The van der Waals surface area contributed by atoms with Crippen molar-refractivity contribution in [3.8, 4) is 40.2 Å². The van der Waals surface area contributed by atoms with Gasteiger partial charge in [-0.3, -0.25) is 28.8 Å². The van der Waals surface area contributed by atoms with Crippen molar-refractivity contribution in [3.05, 3.63) is 345 Å². The fraction of sp³-hybridized carbons (Fsp3) is 0.339. The van der Waals surface area contributed by atoms with E-state index in [1.807, 2.05) is 184 Å². The van der Waals surface area contributed by atoms with Crippen LogP contribution in [-0.2, 0) is 81.4 Å². The first-order valence-corrected chi connectivity index (χ1v) is 48.7. The smallest absolute Gasteiger partial charge is 0.224 e. The SMILES string of the molecule is CCC(=O)Nc1cccc(C)c1COc1cc(C)c(C)cc1F.CCC(=O)Nc1cccc(C)c1COc1cc(C)c(C)cc1F.CCC(=O)Nc1cccc(C2CC2)c1COc1cc(C)c(C)cc1F.CCC(=O)Nc1cccc(CC)c1COc1cc(C)c(C)cc1F.CCC(=O)Nc1cccc(CO)c1COc1cc(C)c(C)cc1F.CCOc1cccc(NC(=O)CC)c1COc1cc(C)c(C)cc1F. The Morgan fingerprint density at radius 2 is 0.479 bits per heavy atom. The Balaban J connectivity index is 0.000000211. The van der Waals surface area contributed by atoms with Crippen molar-refractivity contribution >= 4 is 69.6 Å². The third-order valence-electron chi connectivity index (χ3n) is 24.7. The van der Waals surface area contributed by atoms with Gasteiger partial charge < -0.3 is 70.2 Å². The number of anilines is 6. The van der Waals surface area contributed by atoms with Gasteiger partial charge in [-0.05, 0) is 339 Å². The summed E-state index contributed by atoms with van der Waals surface area (Å²) in [7, 11) is 0. The van der Waals surface area contributed by atoms with E-state index >= 15 is 0 Å². The van der Waals surface area contributed by atoms with Gasteiger partial charge in [-0.1, -0.05) is 115 Å². The molecule has 12 aromatic carbocycles. The van der Waals surface area contributed by atoms with E-state index in [2.05, 4.69) is 38.0 Å². The summed E-state index contributed by atoms with van der Waals surface area (Å²) in [5.41, 5.74) is 25.0. The highest BCUT2D eigenvalue weighted by Crippen LogP contribution is 2.44.